The van der Waals surface area contributed by atoms with Crippen LogP contribution in [0.2, 0.25) is 18.1 Å². The molecule has 0 aliphatic heterocycles. The standard InChI is InChI=1S/C22H38FNO5Si/c1-21(2,3)29-20(26)24-15-18(25)13-16-9-10-17(23)14-19(16)27-11-12-28-30(7,8)22(4,5)6/h9-10,14,18,25H,11-13,15H2,1-8H3,(H,24,26)/t18-/m0/s1. The molecule has 0 radical (unpaired) electrons. The van der Waals surface area contributed by atoms with E-state index in [2.05, 4.69) is 39.2 Å². The monoisotopic (exact) mass is 443 g/mol. The number of carbonyl (C=O) groups is 1. The van der Waals surface area contributed by atoms with Gasteiger partial charge in [0.2, 0.25) is 0 Å². The van der Waals surface area contributed by atoms with Crippen LogP contribution in [-0.2, 0) is 15.6 Å². The third-order valence-corrected chi connectivity index (χ3v) is 9.51. The third-order valence-electron chi connectivity index (χ3n) is 4.98. The molecule has 1 amide bonds. The lowest BCUT2D eigenvalue weighted by Crippen LogP contribution is -2.41. The zero-order chi connectivity index (χ0) is 23.2. The molecule has 0 aliphatic rings. The Kier molecular flexibility index (Phi) is 9.32. The highest BCUT2D eigenvalue weighted by Crippen LogP contribution is 2.36. The van der Waals surface area contributed by atoms with Crippen LogP contribution in [0, 0.1) is 5.82 Å². The zero-order valence-corrected chi connectivity index (χ0v) is 20.6. The Hall–Kier alpha value is -1.64. The average molecular weight is 444 g/mol. The van der Waals surface area contributed by atoms with Gasteiger partial charge >= 0.3 is 6.09 Å². The molecule has 0 fully saturated rings. The number of carbonyl (C=O) groups excluding carboxylic acids is 1. The van der Waals surface area contributed by atoms with Crippen molar-refractivity contribution in [2.75, 3.05) is 19.8 Å². The molecule has 0 heterocycles. The molecule has 0 saturated carbocycles. The molecule has 6 nitrogen and oxygen atoms in total. The van der Waals surface area contributed by atoms with Crippen LogP contribution < -0.4 is 10.1 Å². The highest BCUT2D eigenvalue weighted by molar-refractivity contribution is 6.74. The minimum Gasteiger partial charge on any atom is -0.491 e. The van der Waals surface area contributed by atoms with Gasteiger partial charge in [0, 0.05) is 19.0 Å². The molecule has 0 aliphatic carbocycles. The second kappa shape index (κ2) is 10.6. The molecular formula is C22H38FNO5Si. The Morgan fingerprint density at radius 3 is 2.37 bits per heavy atom. The number of amides is 1. The van der Waals surface area contributed by atoms with Crippen molar-refractivity contribution in [3.05, 3.63) is 29.6 Å². The van der Waals surface area contributed by atoms with Gasteiger partial charge in [-0.25, -0.2) is 9.18 Å². The lowest BCUT2D eigenvalue weighted by Gasteiger charge is -2.36. The summed E-state index contributed by atoms with van der Waals surface area (Å²) in [5, 5.41) is 12.9. The summed E-state index contributed by atoms with van der Waals surface area (Å²) in [6.45, 7) is 16.8. The lowest BCUT2D eigenvalue weighted by atomic mass is 10.1. The minimum absolute atomic E-state index is 0.0141. The summed E-state index contributed by atoms with van der Waals surface area (Å²) < 4.78 is 30.7. The molecule has 172 valence electrons. The van der Waals surface area contributed by atoms with Crippen molar-refractivity contribution in [2.24, 2.45) is 0 Å². The van der Waals surface area contributed by atoms with E-state index in [1.807, 2.05) is 0 Å². The predicted molar refractivity (Wildman–Crippen MR) is 119 cm³/mol. The number of rotatable bonds is 9. The molecule has 1 rings (SSSR count). The van der Waals surface area contributed by atoms with Gasteiger partial charge < -0.3 is 24.3 Å². The van der Waals surface area contributed by atoms with Crippen molar-refractivity contribution in [1.29, 1.82) is 0 Å². The Morgan fingerprint density at radius 2 is 1.80 bits per heavy atom. The van der Waals surface area contributed by atoms with Crippen molar-refractivity contribution in [3.63, 3.8) is 0 Å². The van der Waals surface area contributed by atoms with Gasteiger partial charge in [-0.2, -0.15) is 0 Å². The maximum atomic E-state index is 13.7. The van der Waals surface area contributed by atoms with Gasteiger partial charge in [-0.15, -0.1) is 0 Å². The largest absolute Gasteiger partial charge is 0.491 e. The number of aliphatic hydroxyl groups is 1. The van der Waals surface area contributed by atoms with Crippen LogP contribution in [0.25, 0.3) is 0 Å². The Morgan fingerprint density at radius 1 is 1.17 bits per heavy atom. The molecule has 1 aromatic carbocycles. The van der Waals surface area contributed by atoms with Gasteiger partial charge in [0.15, 0.2) is 8.32 Å². The molecule has 30 heavy (non-hydrogen) atoms. The summed E-state index contributed by atoms with van der Waals surface area (Å²) >= 11 is 0. The summed E-state index contributed by atoms with van der Waals surface area (Å²) in [4.78, 5) is 11.7. The minimum atomic E-state index is -1.88. The van der Waals surface area contributed by atoms with Crippen LogP contribution in [0.15, 0.2) is 18.2 Å². The smallest absolute Gasteiger partial charge is 0.407 e. The van der Waals surface area contributed by atoms with E-state index in [1.165, 1.54) is 12.1 Å². The van der Waals surface area contributed by atoms with Crippen molar-refractivity contribution in [3.8, 4) is 5.75 Å². The van der Waals surface area contributed by atoms with Crippen LogP contribution in [0.5, 0.6) is 5.75 Å². The van der Waals surface area contributed by atoms with Crippen LogP contribution in [0.1, 0.15) is 47.1 Å². The summed E-state index contributed by atoms with van der Waals surface area (Å²) in [5.41, 5.74) is 0.0432. The number of halogens is 1. The van der Waals surface area contributed by atoms with Gasteiger partial charge in [-0.3, -0.25) is 0 Å². The summed E-state index contributed by atoms with van der Waals surface area (Å²) in [5.74, 6) is -0.0504. The van der Waals surface area contributed by atoms with Gasteiger partial charge in [-0.05, 0) is 50.5 Å². The maximum absolute atomic E-state index is 13.7. The van der Waals surface area contributed by atoms with E-state index in [0.29, 0.717) is 17.9 Å². The second-order valence-corrected chi connectivity index (χ2v) is 14.8. The molecule has 1 aromatic rings. The van der Waals surface area contributed by atoms with Gasteiger partial charge in [0.25, 0.3) is 0 Å². The number of hydrogen-bond acceptors (Lipinski definition) is 5. The van der Waals surface area contributed by atoms with Crippen LogP contribution in [0.3, 0.4) is 0 Å². The number of benzene rings is 1. The fraction of sp³-hybridized carbons (Fsp3) is 0.682. The number of alkyl carbamates (subject to hydrolysis) is 1. The van der Waals surface area contributed by atoms with E-state index in [1.54, 1.807) is 26.8 Å². The van der Waals surface area contributed by atoms with E-state index >= 15 is 0 Å². The number of aliphatic hydroxyl groups excluding tert-OH is 1. The fourth-order valence-corrected chi connectivity index (χ4v) is 3.36. The second-order valence-electron chi connectivity index (χ2n) is 9.95. The van der Waals surface area contributed by atoms with E-state index in [4.69, 9.17) is 13.9 Å². The molecule has 2 N–H and O–H groups in total. The maximum Gasteiger partial charge on any atom is 0.407 e. The fourth-order valence-electron chi connectivity index (χ4n) is 2.34. The molecule has 1 atom stereocenters. The number of nitrogens with one attached hydrogen (secondary N) is 1. The Labute approximate surface area is 181 Å². The van der Waals surface area contributed by atoms with Gasteiger partial charge in [0.05, 0.1) is 12.7 Å². The Bertz CT molecular complexity index is 698. The molecule has 0 bridgehead atoms. The quantitative estimate of drug-likeness (QED) is 0.429. The van der Waals surface area contributed by atoms with E-state index in [0.717, 1.165) is 0 Å². The zero-order valence-electron chi connectivity index (χ0n) is 19.6. The van der Waals surface area contributed by atoms with Crippen molar-refractivity contribution in [1.82, 2.24) is 5.32 Å². The normalized spacial score (nSPS) is 13.7. The first-order valence-corrected chi connectivity index (χ1v) is 13.2. The highest BCUT2D eigenvalue weighted by Gasteiger charge is 2.36. The van der Waals surface area contributed by atoms with Crippen LogP contribution in [0.4, 0.5) is 9.18 Å². The first kappa shape index (κ1) is 26.4. The Balaban J connectivity index is 2.61. The van der Waals surface area contributed by atoms with E-state index < -0.39 is 31.9 Å². The van der Waals surface area contributed by atoms with Crippen LogP contribution >= 0.6 is 0 Å². The highest BCUT2D eigenvalue weighted by atomic mass is 28.4. The first-order chi connectivity index (χ1) is 13.6. The van der Waals surface area contributed by atoms with Crippen LogP contribution in [-0.4, -0.2) is 51.0 Å². The van der Waals surface area contributed by atoms with Crippen molar-refractivity contribution >= 4 is 14.4 Å². The van der Waals surface area contributed by atoms with E-state index in [9.17, 15) is 14.3 Å². The third kappa shape index (κ3) is 9.45. The van der Waals surface area contributed by atoms with Crippen molar-refractivity contribution in [2.45, 2.75) is 77.8 Å². The predicted octanol–water partition coefficient (Wildman–Crippen LogP) is 4.65. The molecule has 0 unspecified atom stereocenters. The average Bonchev–Trinajstić information content (AvgIpc) is 2.56. The lowest BCUT2D eigenvalue weighted by molar-refractivity contribution is 0.0491. The summed E-state index contributed by atoms with van der Waals surface area (Å²) in [7, 11) is -1.88. The number of hydrogen-bond donors (Lipinski definition) is 2. The summed E-state index contributed by atoms with van der Waals surface area (Å²) in [6, 6.07) is 4.20. The van der Waals surface area contributed by atoms with Gasteiger partial charge in [0.1, 0.15) is 23.8 Å². The molecule has 0 spiro atoms. The topological polar surface area (TPSA) is 77.0 Å². The first-order valence-electron chi connectivity index (χ1n) is 10.3. The summed E-state index contributed by atoms with van der Waals surface area (Å²) in [6.07, 6.45) is -1.26. The number of ether oxygens (including phenoxy) is 2. The molecule has 0 saturated heterocycles. The van der Waals surface area contributed by atoms with Gasteiger partial charge in [-0.1, -0.05) is 26.8 Å². The molecule has 8 heteroatoms. The molecular weight excluding hydrogens is 405 g/mol. The van der Waals surface area contributed by atoms with E-state index in [-0.39, 0.29) is 24.6 Å². The molecule has 0 aromatic heterocycles. The van der Waals surface area contributed by atoms with Crippen molar-refractivity contribution < 1.29 is 28.2 Å². The SMILES string of the molecule is CC(C)(C)OC(=O)NC[C@@H](O)Cc1ccc(F)cc1OCCO[Si](C)(C)C(C)(C)C.